The first kappa shape index (κ1) is 29.5. The molecule has 3 aromatic rings. The van der Waals surface area contributed by atoms with Crippen molar-refractivity contribution in [2.75, 3.05) is 81.6 Å². The molecule has 18 heteroatoms. The largest absolute Gasteiger partial charge is 0.493 e. The molecule has 0 bridgehead atoms. The Morgan fingerprint density at radius 3 is 0.967 bits per heavy atom. The molecule has 6 aliphatic rings. The number of esters is 3. The van der Waals surface area contributed by atoms with Crippen LogP contribution in [-0.2, 0) is 47.7 Å². The van der Waals surface area contributed by atoms with Gasteiger partial charge in [-0.15, -0.1) is 0 Å². The Morgan fingerprint density at radius 1 is 0.478 bits per heavy atom. The number of piperidine rings is 3. The van der Waals surface area contributed by atoms with Crippen LogP contribution >= 0.6 is 0 Å². The van der Waals surface area contributed by atoms with Gasteiger partial charge in [0.15, 0.2) is 34.5 Å². The zero-order valence-electron chi connectivity index (χ0n) is 103. The zero-order valence-corrected chi connectivity index (χ0v) is 52.1. The van der Waals surface area contributed by atoms with Gasteiger partial charge in [-0.25, -0.2) is 0 Å². The predicted octanol–water partition coefficient (Wildman–Crippen LogP) is 10.7. The van der Waals surface area contributed by atoms with E-state index in [1.165, 1.54) is 70.0 Å². The summed E-state index contributed by atoms with van der Waals surface area (Å²) in [6.45, 7) is -24.8. The molecule has 9 rings (SSSR count). The molecule has 18 nitrogen and oxygen atoms in total. The molecule has 3 fully saturated rings. The highest BCUT2D eigenvalue weighted by molar-refractivity contribution is 5.77. The summed E-state index contributed by atoms with van der Waals surface area (Å²) in [5, 5.41) is 0. The Kier molecular flexibility index (Phi) is 10.6. The summed E-state index contributed by atoms with van der Waals surface area (Å²) >= 11 is 0. The van der Waals surface area contributed by atoms with Crippen molar-refractivity contribution >= 4 is 17.9 Å². The molecule has 3 aromatic carbocycles. The van der Waals surface area contributed by atoms with Crippen LogP contribution < -0.4 is 45.6 Å². The SMILES string of the molecule is [2H]C([2H])([2H])C([2H])(C)C([2H])([2H])C1([2H])C([2H])([2H])N2C(c3cc(OC)c(OC)cc3C([2H])([2H])C2([2H])[2H])C([2H])([2H])C1([2H])OC(=O)[C@@H](N)C(C)C.[2H]C([2H])([2H])C([2H])(C)C([2H])([2H])C1([2H])C([2H])([2H])N2C(c3cc(OC)c(OC)cc3C([2H])([2H])C2([2H])[2H])C([2H])([2H])C1([2H])OC(=O)[C@@H](N)C(C)C.[2H]C([2H])([2H])Oc1cc2c(cc1OC)C1N(C([2H])([2H])C2([2H])[2H])C([2H])([2H])C([2H])(C([2H])([2H])C([2H])(C)C([2H])([2H])[2H])C([2H])(OC(=O)[C@@H](N)C(C)C)C1([2H])[2H]. The van der Waals surface area contributed by atoms with Crippen LogP contribution in [0.1, 0.15) is 243 Å². The maximum atomic E-state index is 13.4. The second kappa shape index (κ2) is 32.5. The first-order valence-electron chi connectivity index (χ1n) is 53.4. The van der Waals surface area contributed by atoms with Gasteiger partial charge in [0.05, 0.1) is 50.8 Å². The van der Waals surface area contributed by atoms with Crippen molar-refractivity contribution in [1.82, 2.24) is 14.7 Å². The normalized spacial score (nSPS) is 47.9. The lowest BCUT2D eigenvalue weighted by Gasteiger charge is -2.47. The van der Waals surface area contributed by atoms with Crippen LogP contribution in [0.3, 0.4) is 0 Å². The molecule has 15 atom stereocenters. The van der Waals surface area contributed by atoms with E-state index in [9.17, 15) is 39.1 Å². The summed E-state index contributed by atoms with van der Waals surface area (Å²) in [6.07, 6.45) is -46.6. The van der Waals surface area contributed by atoms with Crippen LogP contribution in [0.5, 0.6) is 34.5 Å². The number of hydrogen-bond acceptors (Lipinski definition) is 18. The Morgan fingerprint density at radius 2 is 0.733 bits per heavy atom. The van der Waals surface area contributed by atoms with Gasteiger partial charge >= 0.3 is 17.9 Å². The molecule has 0 saturated carbocycles. The van der Waals surface area contributed by atoms with Crippen molar-refractivity contribution in [2.45, 2.75) is 195 Å². The maximum absolute atomic E-state index is 13.4. The van der Waals surface area contributed by atoms with E-state index in [4.69, 9.17) is 105 Å². The fourth-order valence-electron chi connectivity index (χ4n) is 8.77. The van der Waals surface area contributed by atoms with Gasteiger partial charge in [-0.3, -0.25) is 29.1 Å². The molecule has 90 heavy (non-hydrogen) atoms. The molecule has 6 N–H and O–H groups in total. The summed E-state index contributed by atoms with van der Waals surface area (Å²) in [6, 6.07) is -7.09. The minimum Gasteiger partial charge on any atom is -0.493 e. The van der Waals surface area contributed by atoms with Gasteiger partial charge in [0.25, 0.3) is 0 Å². The number of aryl methyl sites for hydroxylation is 3. The Bertz CT molecular complexity index is 5040. The third-order valence-corrected chi connectivity index (χ3v) is 13.8. The molecular formula is C72H114N6O12. The highest BCUT2D eigenvalue weighted by Gasteiger charge is 2.45. The van der Waals surface area contributed by atoms with Gasteiger partial charge in [-0.05, 0) is 143 Å². The lowest BCUT2D eigenvalue weighted by molar-refractivity contribution is -0.161. The fourth-order valence-corrected chi connectivity index (χ4v) is 8.77. The number of fused-ring (bicyclic) bond motifs is 9. The van der Waals surface area contributed by atoms with Crippen LogP contribution in [0.4, 0.5) is 0 Å². The molecule has 6 aliphatic heterocycles. The fraction of sp³-hybridized carbons (Fsp3) is 0.708. The second-order valence-electron chi connectivity index (χ2n) is 21.5. The summed E-state index contributed by atoms with van der Waals surface area (Å²) in [4.78, 5) is 39.6. The predicted molar refractivity (Wildman–Crippen MR) is 353 cm³/mol. The first-order valence-corrected chi connectivity index (χ1v) is 27.9. The van der Waals surface area contributed by atoms with E-state index in [1.54, 1.807) is 0 Å². The number of rotatable bonds is 21. The van der Waals surface area contributed by atoms with Crippen LogP contribution in [-0.4, -0.2) is 151 Å². The van der Waals surface area contributed by atoms with Crippen molar-refractivity contribution in [3.63, 3.8) is 0 Å². The maximum Gasteiger partial charge on any atom is 0.323 e. The molecule has 0 spiro atoms. The average molecular weight is 1310 g/mol. The van der Waals surface area contributed by atoms with Crippen molar-refractivity contribution < 1.29 is 127 Å². The quantitative estimate of drug-likeness (QED) is 0.0666. The molecule has 6 heterocycles. The zero-order chi connectivity index (χ0) is 111. The minimum absolute atomic E-state index is 0.113. The highest BCUT2D eigenvalue weighted by atomic mass is 16.6. The molecular weight excluding hydrogens is 1140 g/mol. The highest BCUT2D eigenvalue weighted by Crippen LogP contribution is 2.48. The Labute approximate surface area is 611 Å². The summed E-state index contributed by atoms with van der Waals surface area (Å²) in [7, 11) is 2.57. The number of carbonyl (C=O) groups excluding carboxylic acids is 3. The third kappa shape index (κ3) is 17.5. The minimum atomic E-state index is -4.43. The summed E-state index contributed by atoms with van der Waals surface area (Å²) < 4.78 is 493. The van der Waals surface area contributed by atoms with E-state index < -0.39 is 294 Å². The number of ether oxygens (including phenoxy) is 9. The van der Waals surface area contributed by atoms with E-state index in [0.717, 1.165) is 37.4 Å². The van der Waals surface area contributed by atoms with Crippen molar-refractivity contribution in [2.24, 2.45) is 70.3 Å². The van der Waals surface area contributed by atoms with E-state index >= 15 is 0 Å². The smallest absolute Gasteiger partial charge is 0.323 e. The van der Waals surface area contributed by atoms with E-state index in [-0.39, 0.29) is 37.7 Å². The van der Waals surface area contributed by atoms with Gasteiger partial charge < -0.3 is 59.8 Å². The average Bonchev–Trinajstić information content (AvgIpc) is 0.648. The standard InChI is InChI=1S/3C24H38N2O4/c3*1-14(2)9-17-13-26-8-7-16-10-21(28-5)22(29-6)11-18(16)19(26)12-20(17)30-24(27)23(25)15(3)4/h3*10-11,14-15,17,19-20,23H,7-9,12-13,25H2,1-6H3/t3*17?,19?,20?,23-/m000/s1/i1D3,5D3,7D2,8D2,9D2,12D2,13D2,14D,17D,20D;2*1D3,7D2,8D2,9D2,12D2,13D2,14D,17D,20D/t3*14?,17?,19?,20?,23-. The molecule has 0 amide bonds. The lowest BCUT2D eigenvalue weighted by Crippen LogP contribution is -2.51. The van der Waals surface area contributed by atoms with Crippen LogP contribution in [0.2, 0.25) is 0 Å². The van der Waals surface area contributed by atoms with E-state index in [0.29, 0.717) is 26.8 Å². The van der Waals surface area contributed by atoms with Crippen LogP contribution in [0, 0.1) is 53.1 Å². The van der Waals surface area contributed by atoms with Gasteiger partial charge in [0.2, 0.25) is 0 Å². The van der Waals surface area contributed by atoms with Gasteiger partial charge in [0.1, 0.15) is 36.4 Å². The van der Waals surface area contributed by atoms with E-state index in [1.807, 2.05) is 0 Å². The molecule has 12 unspecified atom stereocenters. The van der Waals surface area contributed by atoms with Crippen LogP contribution in [0.15, 0.2) is 36.4 Å². The molecule has 3 saturated heterocycles. The first-order chi connectivity index (χ1) is 62.2. The molecule has 0 aromatic heterocycles. The van der Waals surface area contributed by atoms with E-state index in [2.05, 4.69) is 0 Å². The topological polar surface area (TPSA) is 222 Å². The molecule has 504 valence electrons. The number of nitrogens with zero attached hydrogens (tertiary/aromatic N) is 3. The summed E-state index contributed by atoms with van der Waals surface area (Å²) in [5.41, 5.74) is 13.9. The monoisotopic (exact) mass is 1310 g/mol. The number of benzene rings is 3. The number of nitrogens with two attached hydrogens (primary N) is 3. The number of methoxy groups -OCH3 is 6. The summed E-state index contributed by atoms with van der Waals surface area (Å²) in [5.74, 6) is -32.7. The Hall–Kier alpha value is -5.37. The van der Waals surface area contributed by atoms with Crippen molar-refractivity contribution in [3.05, 3.63) is 69.8 Å². The molecule has 0 radical (unpaired) electrons. The third-order valence-electron chi connectivity index (χ3n) is 13.8. The number of carbonyl (C=O) groups is 3. The second-order valence-corrected chi connectivity index (χ2v) is 21.5. The van der Waals surface area contributed by atoms with Crippen LogP contribution in [0.25, 0.3) is 0 Å². The van der Waals surface area contributed by atoms with Crippen molar-refractivity contribution in [3.8, 4) is 34.5 Å². The Balaban J connectivity index is 0.000000288. The van der Waals surface area contributed by atoms with Gasteiger partial charge in [-0.2, -0.15) is 0 Å². The molecule has 0 aliphatic carbocycles. The van der Waals surface area contributed by atoms with Gasteiger partial charge in [0, 0.05) is 156 Å². The van der Waals surface area contributed by atoms with Crippen molar-refractivity contribution in [1.29, 1.82) is 0 Å². The number of hydrogen-bond donors (Lipinski definition) is 3. The van der Waals surface area contributed by atoms with Gasteiger partial charge in [-0.1, -0.05) is 82.9 Å². The lowest BCUT2D eigenvalue weighted by atomic mass is 9.79.